The third-order valence-electron chi connectivity index (χ3n) is 2.73. The molecule has 0 aliphatic rings. The highest BCUT2D eigenvalue weighted by atomic mass is 32.1. The van der Waals surface area contributed by atoms with Gasteiger partial charge in [-0.15, -0.1) is 0 Å². The zero-order valence-electron chi connectivity index (χ0n) is 10.0. The molecule has 0 aliphatic carbocycles. The molecule has 3 aromatic rings. The Labute approximate surface area is 117 Å². The molecule has 100 valence electrons. The van der Waals surface area contributed by atoms with Gasteiger partial charge in [0.25, 0.3) is 0 Å². The molecule has 2 aromatic carbocycles. The Hall–Kier alpha value is -2.47. The van der Waals surface area contributed by atoms with Crippen molar-refractivity contribution in [1.82, 2.24) is 4.37 Å². The minimum absolute atomic E-state index is 0.238. The lowest BCUT2D eigenvalue weighted by Crippen LogP contribution is -2.00. The highest BCUT2D eigenvalue weighted by Gasteiger charge is 2.13. The number of benzene rings is 2. The van der Waals surface area contributed by atoms with Gasteiger partial charge in [-0.25, -0.2) is 9.18 Å². The number of carboxylic acids is 1. The fourth-order valence-corrected chi connectivity index (χ4v) is 2.52. The van der Waals surface area contributed by atoms with E-state index in [4.69, 9.17) is 9.84 Å². The first kappa shape index (κ1) is 12.6. The largest absolute Gasteiger partial charge is 0.478 e. The third-order valence-corrected chi connectivity index (χ3v) is 3.49. The zero-order chi connectivity index (χ0) is 14.1. The number of rotatable bonds is 3. The van der Waals surface area contributed by atoms with Gasteiger partial charge in [-0.05, 0) is 24.3 Å². The molecular weight excluding hydrogens is 281 g/mol. The van der Waals surface area contributed by atoms with Crippen molar-refractivity contribution in [1.29, 1.82) is 0 Å². The van der Waals surface area contributed by atoms with Gasteiger partial charge in [0.15, 0.2) is 0 Å². The molecule has 0 radical (unpaired) electrons. The number of aromatic carboxylic acids is 1. The van der Waals surface area contributed by atoms with Gasteiger partial charge in [-0.3, -0.25) is 0 Å². The van der Waals surface area contributed by atoms with Crippen LogP contribution in [0.25, 0.3) is 10.9 Å². The second-order valence-corrected chi connectivity index (χ2v) is 4.77. The van der Waals surface area contributed by atoms with E-state index in [-0.39, 0.29) is 11.3 Å². The monoisotopic (exact) mass is 289 g/mol. The predicted octanol–water partition coefficient (Wildman–Crippen LogP) is 3.93. The average molecular weight is 289 g/mol. The Morgan fingerprint density at radius 3 is 2.80 bits per heavy atom. The van der Waals surface area contributed by atoms with Crippen molar-refractivity contribution in [2.24, 2.45) is 0 Å². The first-order chi connectivity index (χ1) is 9.65. The molecule has 0 unspecified atom stereocenters. The Balaban J connectivity index is 1.95. The summed E-state index contributed by atoms with van der Waals surface area (Å²) in [6.45, 7) is 0. The van der Waals surface area contributed by atoms with E-state index >= 15 is 0 Å². The standard InChI is InChI=1S/C14H8FNO3S/c15-11-7-8(5-6-9(11)13(17)18)19-14-10-3-1-2-4-12(10)16-20-14/h1-7H,(H,17,18). The van der Waals surface area contributed by atoms with E-state index in [2.05, 4.69) is 4.37 Å². The van der Waals surface area contributed by atoms with Gasteiger partial charge in [0.2, 0.25) is 5.06 Å². The molecule has 0 aliphatic heterocycles. The minimum Gasteiger partial charge on any atom is -0.478 e. The smallest absolute Gasteiger partial charge is 0.338 e. The molecule has 0 bridgehead atoms. The topological polar surface area (TPSA) is 59.4 Å². The maximum absolute atomic E-state index is 13.6. The number of fused-ring (bicyclic) bond motifs is 1. The van der Waals surface area contributed by atoms with Crippen molar-refractivity contribution in [2.75, 3.05) is 0 Å². The summed E-state index contributed by atoms with van der Waals surface area (Å²) < 4.78 is 23.4. The maximum Gasteiger partial charge on any atom is 0.338 e. The lowest BCUT2D eigenvalue weighted by atomic mass is 10.2. The number of carbonyl (C=O) groups is 1. The third kappa shape index (κ3) is 2.21. The first-order valence-electron chi connectivity index (χ1n) is 5.70. The van der Waals surface area contributed by atoms with Crippen LogP contribution in [-0.4, -0.2) is 15.4 Å². The van der Waals surface area contributed by atoms with Crippen molar-refractivity contribution in [2.45, 2.75) is 0 Å². The number of aromatic nitrogens is 1. The van der Waals surface area contributed by atoms with Gasteiger partial charge >= 0.3 is 5.97 Å². The molecule has 1 aromatic heterocycles. The van der Waals surface area contributed by atoms with Crippen LogP contribution in [0.5, 0.6) is 10.8 Å². The summed E-state index contributed by atoms with van der Waals surface area (Å²) in [6, 6.07) is 11.1. The number of hydrogen-bond donors (Lipinski definition) is 1. The van der Waals surface area contributed by atoms with Crippen LogP contribution in [0.4, 0.5) is 4.39 Å². The fraction of sp³-hybridized carbons (Fsp3) is 0. The quantitative estimate of drug-likeness (QED) is 0.793. The molecule has 0 saturated heterocycles. The van der Waals surface area contributed by atoms with Crippen LogP contribution in [0.3, 0.4) is 0 Å². The van der Waals surface area contributed by atoms with E-state index in [0.717, 1.165) is 28.5 Å². The van der Waals surface area contributed by atoms with Crippen LogP contribution in [0, 0.1) is 5.82 Å². The summed E-state index contributed by atoms with van der Waals surface area (Å²) >= 11 is 1.16. The van der Waals surface area contributed by atoms with Gasteiger partial charge < -0.3 is 9.84 Å². The van der Waals surface area contributed by atoms with Crippen LogP contribution in [0.1, 0.15) is 10.4 Å². The molecule has 0 saturated carbocycles. The Bertz CT molecular complexity index is 800. The fourth-order valence-electron chi connectivity index (χ4n) is 1.78. The van der Waals surface area contributed by atoms with Gasteiger partial charge in [0, 0.05) is 17.6 Å². The molecule has 1 N–H and O–H groups in total. The van der Waals surface area contributed by atoms with Gasteiger partial charge in [-0.1, -0.05) is 12.1 Å². The highest BCUT2D eigenvalue weighted by Crippen LogP contribution is 2.34. The van der Waals surface area contributed by atoms with Gasteiger partial charge in [-0.2, -0.15) is 4.37 Å². The second kappa shape index (κ2) is 4.90. The van der Waals surface area contributed by atoms with E-state index in [1.165, 1.54) is 12.1 Å². The molecule has 0 fully saturated rings. The zero-order valence-corrected chi connectivity index (χ0v) is 10.9. The molecule has 0 spiro atoms. The molecule has 6 heteroatoms. The van der Waals surface area contributed by atoms with E-state index in [1.807, 2.05) is 24.3 Å². The molecule has 3 rings (SSSR count). The van der Waals surface area contributed by atoms with Crippen LogP contribution < -0.4 is 4.74 Å². The van der Waals surface area contributed by atoms with Crippen molar-refractivity contribution >= 4 is 28.4 Å². The van der Waals surface area contributed by atoms with Crippen LogP contribution in [0.2, 0.25) is 0 Å². The summed E-state index contributed by atoms with van der Waals surface area (Å²) in [5.41, 5.74) is 0.418. The Morgan fingerprint density at radius 1 is 1.25 bits per heavy atom. The molecule has 20 heavy (non-hydrogen) atoms. The SMILES string of the molecule is O=C(O)c1ccc(Oc2snc3ccccc23)cc1F. The maximum atomic E-state index is 13.6. The normalized spacial score (nSPS) is 10.7. The number of nitrogens with zero attached hydrogens (tertiary/aromatic N) is 1. The van der Waals surface area contributed by atoms with Gasteiger partial charge in [0.1, 0.15) is 11.6 Å². The summed E-state index contributed by atoms with van der Waals surface area (Å²) in [4.78, 5) is 10.7. The van der Waals surface area contributed by atoms with E-state index < -0.39 is 11.8 Å². The van der Waals surface area contributed by atoms with Crippen LogP contribution in [0.15, 0.2) is 42.5 Å². The average Bonchev–Trinajstić information content (AvgIpc) is 2.82. The Kier molecular flexibility index (Phi) is 3.08. The van der Waals surface area contributed by atoms with Gasteiger partial charge in [0.05, 0.1) is 16.5 Å². The number of hydrogen-bond acceptors (Lipinski definition) is 4. The van der Waals surface area contributed by atoms with E-state index in [0.29, 0.717) is 5.06 Å². The molecule has 1 heterocycles. The van der Waals surface area contributed by atoms with Crippen molar-refractivity contribution < 1.29 is 19.0 Å². The first-order valence-corrected chi connectivity index (χ1v) is 6.47. The number of halogens is 1. The molecule has 0 atom stereocenters. The summed E-state index contributed by atoms with van der Waals surface area (Å²) in [7, 11) is 0. The van der Waals surface area contributed by atoms with Crippen molar-refractivity contribution in [3.63, 3.8) is 0 Å². The molecule has 4 nitrogen and oxygen atoms in total. The lowest BCUT2D eigenvalue weighted by molar-refractivity contribution is 0.0692. The Morgan fingerprint density at radius 2 is 2.05 bits per heavy atom. The highest BCUT2D eigenvalue weighted by molar-refractivity contribution is 7.09. The van der Waals surface area contributed by atoms with E-state index in [1.54, 1.807) is 0 Å². The van der Waals surface area contributed by atoms with Crippen LogP contribution >= 0.6 is 11.5 Å². The summed E-state index contributed by atoms with van der Waals surface area (Å²) in [5, 5.41) is 10.1. The molecular formula is C14H8FNO3S. The number of ether oxygens (including phenoxy) is 1. The lowest BCUT2D eigenvalue weighted by Gasteiger charge is -2.04. The summed E-state index contributed by atoms with van der Waals surface area (Å²) in [6.07, 6.45) is 0. The number of carboxylic acid groups (broad SMARTS) is 1. The second-order valence-electron chi connectivity index (χ2n) is 4.04. The predicted molar refractivity (Wildman–Crippen MR) is 73.1 cm³/mol. The summed E-state index contributed by atoms with van der Waals surface area (Å²) in [5.74, 6) is -1.90. The molecule has 0 amide bonds. The van der Waals surface area contributed by atoms with Crippen molar-refractivity contribution in [3.8, 4) is 10.8 Å². The van der Waals surface area contributed by atoms with Crippen LogP contribution in [-0.2, 0) is 0 Å². The van der Waals surface area contributed by atoms with E-state index in [9.17, 15) is 9.18 Å². The van der Waals surface area contributed by atoms with Crippen molar-refractivity contribution in [3.05, 3.63) is 53.8 Å². The minimum atomic E-state index is -1.31.